The molecule has 0 aromatic heterocycles. The second-order valence-electron chi connectivity index (χ2n) is 5.44. The van der Waals surface area contributed by atoms with Gasteiger partial charge in [-0.15, -0.1) is 0 Å². The Morgan fingerprint density at radius 1 is 1.25 bits per heavy atom. The van der Waals surface area contributed by atoms with Gasteiger partial charge in [0.25, 0.3) is 5.91 Å². The van der Waals surface area contributed by atoms with Crippen LogP contribution >= 0.6 is 0 Å². The van der Waals surface area contributed by atoms with Crippen LogP contribution in [0.1, 0.15) is 18.4 Å². The first kappa shape index (κ1) is 18.1. The molecule has 1 aromatic rings. The first-order valence-corrected chi connectivity index (χ1v) is 7.67. The molecule has 0 aliphatic carbocycles. The molecule has 3 atom stereocenters. The zero-order valence-electron chi connectivity index (χ0n) is 13.7. The molecule has 1 unspecified atom stereocenters. The number of rotatable bonds is 5. The van der Waals surface area contributed by atoms with Gasteiger partial charge in [0.2, 0.25) is 0 Å². The van der Waals surface area contributed by atoms with Crippen LogP contribution in [0.2, 0.25) is 0 Å². The topological polar surface area (TPSA) is 88.1 Å². The number of hydrazine groups is 1. The van der Waals surface area contributed by atoms with Crippen LogP contribution in [0.3, 0.4) is 0 Å². The Kier molecular flexibility index (Phi) is 6.48. The Bertz CT molecular complexity index is 590. The molecule has 0 bridgehead atoms. The average molecular weight is 334 g/mol. The fourth-order valence-electron chi connectivity index (χ4n) is 2.65. The van der Waals surface area contributed by atoms with Crippen molar-refractivity contribution < 1.29 is 24.2 Å². The van der Waals surface area contributed by atoms with Gasteiger partial charge >= 0.3 is 5.97 Å². The molecule has 0 radical (unpaired) electrons. The third-order valence-corrected chi connectivity index (χ3v) is 3.86. The van der Waals surface area contributed by atoms with Gasteiger partial charge in [0.1, 0.15) is 6.04 Å². The van der Waals surface area contributed by atoms with Gasteiger partial charge < -0.3 is 14.6 Å². The summed E-state index contributed by atoms with van der Waals surface area (Å²) in [6.45, 7) is 0. The van der Waals surface area contributed by atoms with E-state index in [-0.39, 0.29) is 0 Å². The van der Waals surface area contributed by atoms with Crippen LogP contribution in [0.5, 0.6) is 0 Å². The number of carbonyl (C=O) groups excluding carboxylic acids is 2. The highest BCUT2D eigenvalue weighted by Gasteiger charge is 2.41. The number of nitrogens with one attached hydrogen (secondary N) is 1. The van der Waals surface area contributed by atoms with Gasteiger partial charge in [-0.25, -0.2) is 0 Å². The van der Waals surface area contributed by atoms with Gasteiger partial charge in [-0.3, -0.25) is 15.0 Å². The smallest absolute Gasteiger partial charge is 0.325 e. The van der Waals surface area contributed by atoms with E-state index in [0.29, 0.717) is 12.8 Å². The maximum atomic E-state index is 12.2. The third kappa shape index (κ3) is 4.41. The number of hydrogen-bond donors (Lipinski definition) is 2. The minimum absolute atomic E-state index is 0.358. The second kappa shape index (κ2) is 8.58. The zero-order valence-corrected chi connectivity index (χ0v) is 13.7. The van der Waals surface area contributed by atoms with Crippen molar-refractivity contribution in [2.24, 2.45) is 0 Å². The Morgan fingerprint density at radius 2 is 1.96 bits per heavy atom. The molecule has 1 aliphatic rings. The summed E-state index contributed by atoms with van der Waals surface area (Å²) in [5, 5.41) is 11.4. The largest absolute Gasteiger partial charge is 0.468 e. The van der Waals surface area contributed by atoms with Crippen LogP contribution < -0.4 is 5.43 Å². The summed E-state index contributed by atoms with van der Waals surface area (Å²) in [5.74, 6) is -0.916. The molecule has 24 heavy (non-hydrogen) atoms. The van der Waals surface area contributed by atoms with Crippen molar-refractivity contribution in [1.29, 1.82) is 0 Å². The summed E-state index contributed by atoms with van der Waals surface area (Å²) in [6, 6.07) is 8.64. The molecule has 130 valence electrons. The van der Waals surface area contributed by atoms with Crippen LogP contribution in [0.15, 0.2) is 36.4 Å². The molecule has 1 fully saturated rings. The number of piperidine rings is 1. The number of aliphatic hydroxyl groups is 1. The van der Waals surface area contributed by atoms with E-state index in [1.165, 1.54) is 25.3 Å². The van der Waals surface area contributed by atoms with Crippen LogP contribution in [-0.4, -0.2) is 54.6 Å². The second-order valence-corrected chi connectivity index (χ2v) is 5.44. The number of benzene rings is 1. The molecular weight excluding hydrogens is 312 g/mol. The van der Waals surface area contributed by atoms with Gasteiger partial charge in [-0.1, -0.05) is 30.3 Å². The summed E-state index contributed by atoms with van der Waals surface area (Å²) in [5.41, 5.74) is 3.48. The van der Waals surface area contributed by atoms with E-state index in [9.17, 15) is 14.7 Å². The van der Waals surface area contributed by atoms with Crippen molar-refractivity contribution in [3.05, 3.63) is 42.0 Å². The SMILES string of the molecule is COC(=O)[C@@H]1CC[C@@H](O)C(OC)N1NC(=O)/C=C/c1ccccc1. The number of nitrogens with zero attached hydrogens (tertiary/aromatic N) is 1. The van der Waals surface area contributed by atoms with Gasteiger partial charge in [0.05, 0.1) is 13.2 Å². The molecular formula is C17H22N2O5. The summed E-state index contributed by atoms with van der Waals surface area (Å²) >= 11 is 0. The fourth-order valence-corrected chi connectivity index (χ4v) is 2.65. The van der Waals surface area contributed by atoms with Crippen LogP contribution in [-0.2, 0) is 19.1 Å². The third-order valence-electron chi connectivity index (χ3n) is 3.86. The van der Waals surface area contributed by atoms with Crippen LogP contribution in [0.4, 0.5) is 0 Å². The average Bonchev–Trinajstić information content (AvgIpc) is 2.60. The molecule has 1 saturated heterocycles. The molecule has 2 rings (SSSR count). The monoisotopic (exact) mass is 334 g/mol. The van der Waals surface area contributed by atoms with Crippen LogP contribution in [0, 0.1) is 0 Å². The number of esters is 1. The Labute approximate surface area is 140 Å². The number of amides is 1. The Hall–Kier alpha value is -2.22. The normalized spacial score (nSPS) is 24.7. The lowest BCUT2D eigenvalue weighted by Gasteiger charge is -2.41. The van der Waals surface area contributed by atoms with E-state index >= 15 is 0 Å². The van der Waals surface area contributed by atoms with E-state index in [0.717, 1.165) is 5.56 Å². The fraction of sp³-hybridized carbons (Fsp3) is 0.412. The van der Waals surface area contributed by atoms with E-state index in [1.54, 1.807) is 6.08 Å². The van der Waals surface area contributed by atoms with Gasteiger partial charge in [-0.2, -0.15) is 5.01 Å². The Balaban J connectivity index is 2.10. The predicted octanol–water partition coefficient (Wildman–Crippen LogP) is 0.702. The zero-order chi connectivity index (χ0) is 17.5. The number of aliphatic hydroxyl groups excluding tert-OH is 1. The highest BCUT2D eigenvalue weighted by molar-refractivity contribution is 5.91. The standard InChI is InChI=1S/C17H22N2O5/c1-23-16-14(20)10-9-13(17(22)24-2)19(16)18-15(21)11-8-12-6-4-3-5-7-12/h3-8,11,13-14,16,20H,9-10H2,1-2H3,(H,18,21)/b11-8+/t13-,14+,16?/m0/s1. The molecule has 7 nitrogen and oxygen atoms in total. The number of hydrogen-bond acceptors (Lipinski definition) is 6. The summed E-state index contributed by atoms with van der Waals surface area (Å²) in [4.78, 5) is 24.1. The van der Waals surface area contributed by atoms with Gasteiger partial charge in [0.15, 0.2) is 6.23 Å². The maximum absolute atomic E-state index is 12.2. The van der Waals surface area contributed by atoms with Crippen molar-refractivity contribution in [2.75, 3.05) is 14.2 Å². The van der Waals surface area contributed by atoms with Crippen molar-refractivity contribution in [1.82, 2.24) is 10.4 Å². The minimum Gasteiger partial charge on any atom is -0.468 e. The lowest BCUT2D eigenvalue weighted by atomic mass is 10.0. The lowest BCUT2D eigenvalue weighted by molar-refractivity contribution is -0.188. The van der Waals surface area contributed by atoms with E-state index < -0.39 is 30.3 Å². The molecule has 1 aliphatic heterocycles. The van der Waals surface area contributed by atoms with Gasteiger partial charge in [0, 0.05) is 13.2 Å². The molecule has 1 heterocycles. The van der Waals surface area contributed by atoms with Gasteiger partial charge in [-0.05, 0) is 24.5 Å². The summed E-state index contributed by atoms with van der Waals surface area (Å²) in [7, 11) is 2.69. The molecule has 0 saturated carbocycles. The molecule has 0 spiro atoms. The Morgan fingerprint density at radius 3 is 2.58 bits per heavy atom. The molecule has 2 N–H and O–H groups in total. The van der Waals surface area contributed by atoms with Crippen LogP contribution in [0.25, 0.3) is 6.08 Å². The predicted molar refractivity (Wildman–Crippen MR) is 87.3 cm³/mol. The van der Waals surface area contributed by atoms with Crippen molar-refractivity contribution in [2.45, 2.75) is 31.2 Å². The quantitative estimate of drug-likeness (QED) is 0.609. The van der Waals surface area contributed by atoms with Crippen molar-refractivity contribution in [3.63, 3.8) is 0 Å². The summed E-state index contributed by atoms with van der Waals surface area (Å²) < 4.78 is 10.0. The first-order valence-electron chi connectivity index (χ1n) is 7.67. The lowest BCUT2D eigenvalue weighted by Crippen LogP contribution is -2.63. The van der Waals surface area contributed by atoms with E-state index in [2.05, 4.69) is 5.43 Å². The van der Waals surface area contributed by atoms with E-state index in [4.69, 9.17) is 9.47 Å². The number of methoxy groups -OCH3 is 2. The minimum atomic E-state index is -0.822. The first-order chi connectivity index (χ1) is 11.6. The van der Waals surface area contributed by atoms with Crippen molar-refractivity contribution in [3.8, 4) is 0 Å². The highest BCUT2D eigenvalue weighted by Crippen LogP contribution is 2.23. The summed E-state index contributed by atoms with van der Waals surface area (Å²) in [6.07, 6.45) is 2.12. The van der Waals surface area contributed by atoms with E-state index in [1.807, 2.05) is 30.3 Å². The number of carbonyl (C=O) groups is 2. The molecule has 7 heteroatoms. The maximum Gasteiger partial charge on any atom is 0.325 e. The number of ether oxygens (including phenoxy) is 2. The molecule has 1 amide bonds. The molecule has 1 aromatic carbocycles. The van der Waals surface area contributed by atoms with Crippen molar-refractivity contribution >= 4 is 18.0 Å². The highest BCUT2D eigenvalue weighted by atomic mass is 16.5.